The summed E-state index contributed by atoms with van der Waals surface area (Å²) in [6, 6.07) is 6.13. The highest BCUT2D eigenvalue weighted by molar-refractivity contribution is 5.46. The molecule has 0 aliphatic heterocycles. The van der Waals surface area contributed by atoms with Crippen LogP contribution in [0.25, 0.3) is 0 Å². The molecular weight excluding hydrogens is 204 g/mol. The summed E-state index contributed by atoms with van der Waals surface area (Å²) in [5.74, 6) is 1.53. The van der Waals surface area contributed by atoms with Gasteiger partial charge in [0.05, 0.1) is 14.2 Å². The standard InChI is InChI=1S/C12H20N2O2/c1-9(7-13)14-8-10-5-4-6-11(15-2)12(10)16-3/h4-6,9,14H,7-8,13H2,1-3H3/t9-/m1/s1. The van der Waals surface area contributed by atoms with Crippen molar-refractivity contribution in [3.63, 3.8) is 0 Å². The third kappa shape index (κ3) is 3.12. The number of para-hydroxylation sites is 1. The van der Waals surface area contributed by atoms with Crippen LogP contribution in [-0.4, -0.2) is 26.8 Å². The number of ether oxygens (including phenoxy) is 2. The first-order chi connectivity index (χ1) is 7.72. The maximum absolute atomic E-state index is 5.54. The number of nitrogens with one attached hydrogen (secondary N) is 1. The molecule has 0 radical (unpaired) electrons. The largest absolute Gasteiger partial charge is 0.493 e. The molecule has 1 aromatic rings. The second-order valence-corrected chi connectivity index (χ2v) is 3.67. The Kier molecular flexibility index (Phi) is 5.08. The Labute approximate surface area is 96.7 Å². The van der Waals surface area contributed by atoms with Crippen LogP contribution in [0.5, 0.6) is 11.5 Å². The van der Waals surface area contributed by atoms with Crippen LogP contribution in [0, 0.1) is 0 Å². The quantitative estimate of drug-likeness (QED) is 0.761. The number of hydrogen-bond donors (Lipinski definition) is 2. The molecule has 0 aromatic heterocycles. The molecule has 16 heavy (non-hydrogen) atoms. The van der Waals surface area contributed by atoms with E-state index in [2.05, 4.69) is 5.32 Å². The first-order valence-corrected chi connectivity index (χ1v) is 5.36. The molecule has 0 unspecified atom stereocenters. The molecule has 3 N–H and O–H groups in total. The lowest BCUT2D eigenvalue weighted by atomic mass is 10.1. The minimum Gasteiger partial charge on any atom is -0.493 e. The summed E-state index contributed by atoms with van der Waals surface area (Å²) >= 11 is 0. The van der Waals surface area contributed by atoms with Crippen LogP contribution in [0.4, 0.5) is 0 Å². The van der Waals surface area contributed by atoms with Crippen LogP contribution in [0.15, 0.2) is 18.2 Å². The lowest BCUT2D eigenvalue weighted by Crippen LogP contribution is -2.32. The van der Waals surface area contributed by atoms with Gasteiger partial charge in [0, 0.05) is 24.7 Å². The maximum atomic E-state index is 5.54. The van der Waals surface area contributed by atoms with Gasteiger partial charge >= 0.3 is 0 Å². The maximum Gasteiger partial charge on any atom is 0.165 e. The van der Waals surface area contributed by atoms with Crippen molar-refractivity contribution in [3.05, 3.63) is 23.8 Å². The molecule has 0 saturated carbocycles. The van der Waals surface area contributed by atoms with Gasteiger partial charge in [-0.05, 0) is 13.0 Å². The number of hydrogen-bond acceptors (Lipinski definition) is 4. The highest BCUT2D eigenvalue weighted by Crippen LogP contribution is 2.30. The van der Waals surface area contributed by atoms with Crippen LogP contribution < -0.4 is 20.5 Å². The summed E-state index contributed by atoms with van der Waals surface area (Å²) in [5, 5.41) is 3.31. The molecule has 90 valence electrons. The summed E-state index contributed by atoms with van der Waals surface area (Å²) in [4.78, 5) is 0. The first kappa shape index (κ1) is 12.8. The van der Waals surface area contributed by atoms with E-state index in [0.29, 0.717) is 6.54 Å². The zero-order valence-electron chi connectivity index (χ0n) is 10.1. The monoisotopic (exact) mass is 224 g/mol. The molecule has 0 spiro atoms. The van der Waals surface area contributed by atoms with Gasteiger partial charge in [0.2, 0.25) is 0 Å². The van der Waals surface area contributed by atoms with E-state index in [-0.39, 0.29) is 6.04 Å². The van der Waals surface area contributed by atoms with E-state index in [1.165, 1.54) is 0 Å². The zero-order valence-corrected chi connectivity index (χ0v) is 10.1. The summed E-state index contributed by atoms with van der Waals surface area (Å²) < 4.78 is 10.6. The lowest BCUT2D eigenvalue weighted by Gasteiger charge is -2.15. The van der Waals surface area contributed by atoms with E-state index in [9.17, 15) is 0 Å². The van der Waals surface area contributed by atoms with Crippen LogP contribution in [0.1, 0.15) is 12.5 Å². The summed E-state index contributed by atoms with van der Waals surface area (Å²) in [6.07, 6.45) is 0. The molecule has 4 heteroatoms. The average Bonchev–Trinajstić information content (AvgIpc) is 2.34. The molecule has 0 heterocycles. The van der Waals surface area contributed by atoms with E-state index in [1.807, 2.05) is 25.1 Å². The van der Waals surface area contributed by atoms with E-state index in [4.69, 9.17) is 15.2 Å². The van der Waals surface area contributed by atoms with Gasteiger partial charge in [-0.3, -0.25) is 0 Å². The van der Waals surface area contributed by atoms with Crippen molar-refractivity contribution in [2.45, 2.75) is 19.5 Å². The highest BCUT2D eigenvalue weighted by Gasteiger charge is 2.09. The predicted molar refractivity (Wildman–Crippen MR) is 64.9 cm³/mol. The molecule has 0 amide bonds. The highest BCUT2D eigenvalue weighted by atomic mass is 16.5. The second-order valence-electron chi connectivity index (χ2n) is 3.67. The van der Waals surface area contributed by atoms with Crippen LogP contribution >= 0.6 is 0 Å². The van der Waals surface area contributed by atoms with Gasteiger partial charge < -0.3 is 20.5 Å². The molecule has 4 nitrogen and oxygen atoms in total. The molecule has 0 bridgehead atoms. The predicted octanol–water partition coefficient (Wildman–Crippen LogP) is 1.14. The number of nitrogens with two attached hydrogens (primary N) is 1. The zero-order chi connectivity index (χ0) is 12.0. The average molecular weight is 224 g/mol. The number of benzene rings is 1. The van der Waals surface area contributed by atoms with Gasteiger partial charge in [-0.25, -0.2) is 0 Å². The van der Waals surface area contributed by atoms with E-state index < -0.39 is 0 Å². The Bertz CT molecular complexity index is 329. The van der Waals surface area contributed by atoms with Crippen LogP contribution in [-0.2, 0) is 6.54 Å². The van der Waals surface area contributed by atoms with E-state index >= 15 is 0 Å². The Hall–Kier alpha value is -1.26. The first-order valence-electron chi connectivity index (χ1n) is 5.36. The molecule has 0 saturated heterocycles. The molecule has 0 aliphatic rings. The lowest BCUT2D eigenvalue weighted by molar-refractivity contribution is 0.350. The Morgan fingerprint density at radius 1 is 1.31 bits per heavy atom. The normalized spacial score (nSPS) is 12.2. The van der Waals surface area contributed by atoms with Gasteiger partial charge in [-0.15, -0.1) is 0 Å². The van der Waals surface area contributed by atoms with Gasteiger partial charge in [-0.2, -0.15) is 0 Å². The third-order valence-corrected chi connectivity index (χ3v) is 2.48. The van der Waals surface area contributed by atoms with Gasteiger partial charge in [-0.1, -0.05) is 12.1 Å². The minimum absolute atomic E-state index is 0.288. The fourth-order valence-corrected chi connectivity index (χ4v) is 1.46. The smallest absolute Gasteiger partial charge is 0.165 e. The fraction of sp³-hybridized carbons (Fsp3) is 0.500. The van der Waals surface area contributed by atoms with Crippen molar-refractivity contribution in [2.75, 3.05) is 20.8 Å². The van der Waals surface area contributed by atoms with Crippen molar-refractivity contribution >= 4 is 0 Å². The summed E-state index contributed by atoms with van der Waals surface area (Å²) in [6.45, 7) is 3.39. The summed E-state index contributed by atoms with van der Waals surface area (Å²) in [5.41, 5.74) is 6.62. The molecule has 0 fully saturated rings. The second kappa shape index (κ2) is 6.35. The van der Waals surface area contributed by atoms with Crippen molar-refractivity contribution in [3.8, 4) is 11.5 Å². The topological polar surface area (TPSA) is 56.5 Å². The number of rotatable bonds is 6. The van der Waals surface area contributed by atoms with E-state index in [0.717, 1.165) is 23.6 Å². The molecule has 1 rings (SSSR count). The Morgan fingerprint density at radius 3 is 2.62 bits per heavy atom. The molecular formula is C12H20N2O2. The van der Waals surface area contributed by atoms with Gasteiger partial charge in [0.1, 0.15) is 0 Å². The van der Waals surface area contributed by atoms with Crippen molar-refractivity contribution < 1.29 is 9.47 Å². The van der Waals surface area contributed by atoms with Crippen LogP contribution in [0.2, 0.25) is 0 Å². The molecule has 1 atom stereocenters. The van der Waals surface area contributed by atoms with Gasteiger partial charge in [0.15, 0.2) is 11.5 Å². The minimum atomic E-state index is 0.288. The Morgan fingerprint density at radius 2 is 2.06 bits per heavy atom. The Balaban J connectivity index is 2.78. The third-order valence-electron chi connectivity index (χ3n) is 2.48. The van der Waals surface area contributed by atoms with Crippen LogP contribution in [0.3, 0.4) is 0 Å². The van der Waals surface area contributed by atoms with Crippen molar-refractivity contribution in [1.82, 2.24) is 5.32 Å². The fourth-order valence-electron chi connectivity index (χ4n) is 1.46. The van der Waals surface area contributed by atoms with Gasteiger partial charge in [0.25, 0.3) is 0 Å². The molecule has 0 aliphatic carbocycles. The molecule has 1 aromatic carbocycles. The summed E-state index contributed by atoms with van der Waals surface area (Å²) in [7, 11) is 3.28. The van der Waals surface area contributed by atoms with Crippen molar-refractivity contribution in [1.29, 1.82) is 0 Å². The van der Waals surface area contributed by atoms with Crippen molar-refractivity contribution in [2.24, 2.45) is 5.73 Å². The SMILES string of the molecule is COc1cccc(CN[C@H](C)CN)c1OC. The number of methoxy groups -OCH3 is 2. The van der Waals surface area contributed by atoms with E-state index in [1.54, 1.807) is 14.2 Å².